The molecule has 0 bridgehead atoms. The maximum atomic E-state index is 8.65. The van der Waals surface area contributed by atoms with E-state index in [0.29, 0.717) is 11.7 Å². The fraction of sp³-hybridized carbons (Fsp3) is 0.643. The summed E-state index contributed by atoms with van der Waals surface area (Å²) in [5.74, 6) is 1.72. The lowest BCUT2D eigenvalue weighted by molar-refractivity contribution is 0.242. The van der Waals surface area contributed by atoms with E-state index in [4.69, 9.17) is 10.9 Å². The van der Waals surface area contributed by atoms with Gasteiger partial charge in [-0.15, -0.1) is 0 Å². The summed E-state index contributed by atoms with van der Waals surface area (Å²) in [6, 6.07) is 0.613. The summed E-state index contributed by atoms with van der Waals surface area (Å²) in [6.07, 6.45) is 11.2. The Morgan fingerprint density at radius 1 is 1.20 bits per heavy atom. The van der Waals surface area contributed by atoms with Crippen LogP contribution in [0.2, 0.25) is 0 Å². The number of hydrogen-bond acceptors (Lipinski definition) is 5. The summed E-state index contributed by atoms with van der Waals surface area (Å²) >= 11 is 0. The highest BCUT2D eigenvalue weighted by atomic mass is 16.4. The van der Waals surface area contributed by atoms with Crippen LogP contribution in [0.4, 0.5) is 5.82 Å². The Morgan fingerprint density at radius 2 is 2.00 bits per heavy atom. The van der Waals surface area contributed by atoms with Crippen LogP contribution in [-0.2, 0) is 0 Å². The topological polar surface area (TPSA) is 87.6 Å². The molecular weight excluding hydrogens is 254 g/mol. The Labute approximate surface area is 118 Å². The first-order valence-corrected chi connectivity index (χ1v) is 7.36. The molecule has 2 heterocycles. The van der Waals surface area contributed by atoms with Crippen molar-refractivity contribution in [3.8, 4) is 0 Å². The van der Waals surface area contributed by atoms with Crippen molar-refractivity contribution in [1.82, 2.24) is 9.97 Å². The molecule has 2 unspecified atom stereocenters. The van der Waals surface area contributed by atoms with Crippen LogP contribution < -0.4 is 10.6 Å². The third-order valence-corrected chi connectivity index (χ3v) is 4.55. The quantitative estimate of drug-likeness (QED) is 0.371. The molecule has 1 aliphatic heterocycles. The Hall–Kier alpha value is -1.85. The summed E-state index contributed by atoms with van der Waals surface area (Å²) in [5.41, 5.74) is 5.92. The number of nitrogens with two attached hydrogens (primary N) is 1. The van der Waals surface area contributed by atoms with E-state index in [1.807, 2.05) is 0 Å². The number of rotatable bonds is 2. The molecule has 3 N–H and O–H groups in total. The van der Waals surface area contributed by atoms with Crippen molar-refractivity contribution in [2.24, 2.45) is 16.8 Å². The third kappa shape index (κ3) is 2.42. The van der Waals surface area contributed by atoms with Gasteiger partial charge in [0.05, 0.1) is 12.4 Å². The first-order valence-electron chi connectivity index (χ1n) is 7.36. The first kappa shape index (κ1) is 13.1. The number of aromatic nitrogens is 2. The average Bonchev–Trinajstić information content (AvgIpc) is 2.54. The van der Waals surface area contributed by atoms with E-state index >= 15 is 0 Å². The van der Waals surface area contributed by atoms with Crippen molar-refractivity contribution in [1.29, 1.82) is 0 Å². The number of oxime groups is 1. The molecule has 0 radical (unpaired) electrons. The van der Waals surface area contributed by atoms with E-state index in [0.717, 1.165) is 18.3 Å². The zero-order chi connectivity index (χ0) is 13.9. The van der Waals surface area contributed by atoms with Crippen LogP contribution in [0.3, 0.4) is 0 Å². The van der Waals surface area contributed by atoms with Gasteiger partial charge in [0.1, 0.15) is 11.5 Å². The molecule has 6 nitrogen and oxygen atoms in total. The summed E-state index contributed by atoms with van der Waals surface area (Å²) < 4.78 is 0. The van der Waals surface area contributed by atoms with Crippen LogP contribution in [0.1, 0.15) is 44.2 Å². The highest BCUT2D eigenvalue weighted by Crippen LogP contribution is 2.36. The number of hydrogen-bond donors (Lipinski definition) is 2. The number of fused-ring (bicyclic) bond motifs is 1. The van der Waals surface area contributed by atoms with Crippen molar-refractivity contribution in [2.75, 3.05) is 11.4 Å². The van der Waals surface area contributed by atoms with E-state index in [9.17, 15) is 0 Å². The summed E-state index contributed by atoms with van der Waals surface area (Å²) in [5, 5.41) is 11.6. The van der Waals surface area contributed by atoms with Crippen molar-refractivity contribution in [3.05, 3.63) is 18.1 Å². The molecule has 0 amide bonds. The van der Waals surface area contributed by atoms with Gasteiger partial charge in [0.25, 0.3) is 0 Å². The van der Waals surface area contributed by atoms with Gasteiger partial charge in [-0.25, -0.2) is 9.97 Å². The predicted molar refractivity (Wildman–Crippen MR) is 76.9 cm³/mol. The molecule has 1 aromatic rings. The number of nitrogens with zero attached hydrogens (tertiary/aromatic N) is 4. The molecule has 1 saturated carbocycles. The monoisotopic (exact) mass is 275 g/mol. The molecule has 6 heteroatoms. The SMILES string of the molecule is NC(=NO)c1cnc(N2CCCC3CCCCC32)cn1. The molecule has 1 aliphatic carbocycles. The van der Waals surface area contributed by atoms with Gasteiger partial charge >= 0.3 is 0 Å². The van der Waals surface area contributed by atoms with Crippen molar-refractivity contribution in [2.45, 2.75) is 44.6 Å². The number of amidine groups is 1. The molecule has 20 heavy (non-hydrogen) atoms. The van der Waals surface area contributed by atoms with Crippen LogP contribution in [0.25, 0.3) is 0 Å². The van der Waals surface area contributed by atoms with Gasteiger partial charge in [-0.1, -0.05) is 18.0 Å². The smallest absolute Gasteiger partial charge is 0.190 e. The fourth-order valence-electron chi connectivity index (χ4n) is 3.56. The molecule has 0 spiro atoms. The average molecular weight is 275 g/mol. The van der Waals surface area contributed by atoms with Gasteiger partial charge in [0.2, 0.25) is 0 Å². The van der Waals surface area contributed by atoms with E-state index in [1.54, 1.807) is 12.4 Å². The normalized spacial score (nSPS) is 27.2. The minimum Gasteiger partial charge on any atom is -0.409 e. The summed E-state index contributed by atoms with van der Waals surface area (Å²) in [6.45, 7) is 1.05. The van der Waals surface area contributed by atoms with Crippen LogP contribution in [0.5, 0.6) is 0 Å². The standard InChI is InChI=1S/C14H21N5O/c15-14(18-20)11-8-17-13(9-16-11)19-7-3-5-10-4-1-2-6-12(10)19/h8-10,12,20H,1-7H2,(H2,15,18). The van der Waals surface area contributed by atoms with Crippen molar-refractivity contribution in [3.63, 3.8) is 0 Å². The molecule has 1 aromatic heterocycles. The van der Waals surface area contributed by atoms with Gasteiger partial charge in [-0.2, -0.15) is 0 Å². The van der Waals surface area contributed by atoms with Gasteiger partial charge in [0.15, 0.2) is 5.84 Å². The fourth-order valence-corrected chi connectivity index (χ4v) is 3.56. The summed E-state index contributed by atoms with van der Waals surface area (Å²) in [7, 11) is 0. The van der Waals surface area contributed by atoms with Crippen LogP contribution in [0, 0.1) is 5.92 Å². The Bertz CT molecular complexity index is 485. The molecule has 0 aromatic carbocycles. The van der Waals surface area contributed by atoms with E-state index in [1.165, 1.54) is 38.5 Å². The predicted octanol–water partition coefficient (Wildman–Crippen LogP) is 1.73. The maximum absolute atomic E-state index is 8.65. The van der Waals surface area contributed by atoms with Crippen molar-refractivity contribution < 1.29 is 5.21 Å². The molecule has 2 aliphatic rings. The van der Waals surface area contributed by atoms with Gasteiger partial charge < -0.3 is 15.8 Å². The lowest BCUT2D eigenvalue weighted by Crippen LogP contribution is -2.47. The molecule has 3 rings (SSSR count). The van der Waals surface area contributed by atoms with E-state index < -0.39 is 0 Å². The zero-order valence-electron chi connectivity index (χ0n) is 11.6. The van der Waals surface area contributed by atoms with Gasteiger partial charge in [0, 0.05) is 12.6 Å². The number of piperidine rings is 1. The third-order valence-electron chi connectivity index (χ3n) is 4.55. The van der Waals surface area contributed by atoms with Crippen molar-refractivity contribution >= 4 is 11.7 Å². The maximum Gasteiger partial charge on any atom is 0.190 e. The largest absolute Gasteiger partial charge is 0.409 e. The second-order valence-corrected chi connectivity index (χ2v) is 5.69. The molecular formula is C14H21N5O. The van der Waals surface area contributed by atoms with E-state index in [2.05, 4.69) is 20.0 Å². The van der Waals surface area contributed by atoms with Crippen LogP contribution in [0.15, 0.2) is 17.5 Å². The molecule has 1 saturated heterocycles. The van der Waals surface area contributed by atoms with Crippen LogP contribution in [-0.4, -0.2) is 33.6 Å². The molecule has 2 fully saturated rings. The molecule has 2 atom stereocenters. The second kappa shape index (κ2) is 5.64. The Kier molecular flexibility index (Phi) is 3.71. The minimum atomic E-state index is -0.00163. The van der Waals surface area contributed by atoms with Crippen LogP contribution >= 0.6 is 0 Å². The Balaban J connectivity index is 1.80. The zero-order valence-corrected chi connectivity index (χ0v) is 11.6. The Morgan fingerprint density at radius 3 is 2.75 bits per heavy atom. The minimum absolute atomic E-state index is 0.00163. The highest BCUT2D eigenvalue weighted by Gasteiger charge is 2.33. The second-order valence-electron chi connectivity index (χ2n) is 5.69. The first-order chi connectivity index (χ1) is 9.79. The lowest BCUT2D eigenvalue weighted by atomic mass is 9.78. The summed E-state index contributed by atoms with van der Waals surface area (Å²) in [4.78, 5) is 11.1. The number of anilines is 1. The van der Waals surface area contributed by atoms with Gasteiger partial charge in [-0.05, 0) is 31.6 Å². The highest BCUT2D eigenvalue weighted by molar-refractivity contribution is 5.94. The van der Waals surface area contributed by atoms with E-state index in [-0.39, 0.29) is 5.84 Å². The molecule has 108 valence electrons. The van der Waals surface area contributed by atoms with Gasteiger partial charge in [-0.3, -0.25) is 0 Å². The lowest BCUT2D eigenvalue weighted by Gasteiger charge is -2.44.